The van der Waals surface area contributed by atoms with Crippen LogP contribution < -0.4 is 10.6 Å². The highest BCUT2D eigenvalue weighted by molar-refractivity contribution is 7.10. The highest BCUT2D eigenvalue weighted by Crippen LogP contribution is 2.24. The second-order valence-corrected chi connectivity index (χ2v) is 6.22. The van der Waals surface area contributed by atoms with Gasteiger partial charge in [-0.3, -0.25) is 0 Å². The third-order valence-corrected chi connectivity index (χ3v) is 4.43. The molecule has 1 atom stereocenters. The van der Waals surface area contributed by atoms with Gasteiger partial charge in [-0.1, -0.05) is 17.7 Å². The maximum Gasteiger partial charge on any atom is 0.319 e. The minimum absolute atomic E-state index is 0.0728. The molecule has 1 aromatic heterocycles. The number of carbonyl (C=O) groups is 1. The van der Waals surface area contributed by atoms with Crippen LogP contribution in [-0.4, -0.2) is 17.7 Å². The number of hydrogen-bond donors (Lipinski definition) is 3. The van der Waals surface area contributed by atoms with E-state index in [-0.39, 0.29) is 11.6 Å². The molecule has 0 aliphatic carbocycles. The summed E-state index contributed by atoms with van der Waals surface area (Å²) in [5.74, 6) is 0. The summed E-state index contributed by atoms with van der Waals surface area (Å²) in [6.07, 6.45) is 0. The van der Waals surface area contributed by atoms with Crippen molar-refractivity contribution in [3.05, 3.63) is 51.2 Å². The number of nitriles is 1. The van der Waals surface area contributed by atoms with Gasteiger partial charge in [-0.15, -0.1) is 11.3 Å². The van der Waals surface area contributed by atoms with Gasteiger partial charge >= 0.3 is 6.03 Å². The SMILES string of the molecule is CC(O)(CNC(=O)Nc1ccc(C#N)c(Cl)c1)c1cccs1. The van der Waals surface area contributed by atoms with E-state index in [2.05, 4.69) is 10.6 Å². The van der Waals surface area contributed by atoms with Gasteiger partial charge in [0.05, 0.1) is 17.1 Å². The van der Waals surface area contributed by atoms with E-state index in [1.54, 1.807) is 13.0 Å². The lowest BCUT2D eigenvalue weighted by atomic mass is 10.1. The van der Waals surface area contributed by atoms with Gasteiger partial charge in [0.25, 0.3) is 0 Å². The van der Waals surface area contributed by atoms with Crippen LogP contribution in [0.4, 0.5) is 10.5 Å². The lowest BCUT2D eigenvalue weighted by Crippen LogP contribution is -2.40. The number of aliphatic hydroxyl groups is 1. The third-order valence-electron chi connectivity index (χ3n) is 2.99. The second-order valence-electron chi connectivity index (χ2n) is 4.87. The molecule has 0 aliphatic heterocycles. The Morgan fingerprint density at radius 3 is 2.86 bits per heavy atom. The minimum Gasteiger partial charge on any atom is -0.383 e. The Morgan fingerprint density at radius 2 is 2.27 bits per heavy atom. The molecule has 5 nitrogen and oxygen atoms in total. The number of nitrogens with one attached hydrogen (secondary N) is 2. The van der Waals surface area contributed by atoms with Crippen LogP contribution in [0.25, 0.3) is 0 Å². The van der Waals surface area contributed by atoms with Crippen molar-refractivity contribution in [3.8, 4) is 6.07 Å². The lowest BCUT2D eigenvalue weighted by molar-refractivity contribution is 0.0637. The zero-order valence-electron chi connectivity index (χ0n) is 11.8. The average molecular weight is 336 g/mol. The molecule has 0 fully saturated rings. The first kappa shape index (κ1) is 16.3. The maximum atomic E-state index is 11.9. The molecule has 0 spiro atoms. The molecule has 2 aromatic rings. The van der Waals surface area contributed by atoms with Crippen LogP contribution in [0.3, 0.4) is 0 Å². The van der Waals surface area contributed by atoms with Crippen LogP contribution >= 0.6 is 22.9 Å². The number of nitrogens with zero attached hydrogens (tertiary/aromatic N) is 1. The van der Waals surface area contributed by atoms with Crippen molar-refractivity contribution < 1.29 is 9.90 Å². The molecule has 2 amide bonds. The van der Waals surface area contributed by atoms with Crippen molar-refractivity contribution in [2.24, 2.45) is 0 Å². The van der Waals surface area contributed by atoms with Crippen LogP contribution in [0.2, 0.25) is 5.02 Å². The molecule has 7 heteroatoms. The van der Waals surface area contributed by atoms with Crippen LogP contribution in [-0.2, 0) is 5.60 Å². The Balaban J connectivity index is 1.94. The summed E-state index contributed by atoms with van der Waals surface area (Å²) in [5.41, 5.74) is -0.320. The smallest absolute Gasteiger partial charge is 0.319 e. The zero-order chi connectivity index (χ0) is 16.2. The molecule has 114 valence electrons. The van der Waals surface area contributed by atoms with Crippen molar-refractivity contribution in [2.75, 3.05) is 11.9 Å². The Kier molecular flexibility index (Phi) is 5.03. The average Bonchev–Trinajstić information content (AvgIpc) is 3.00. The molecule has 1 aromatic carbocycles. The monoisotopic (exact) mass is 335 g/mol. The van der Waals surface area contributed by atoms with E-state index in [9.17, 15) is 9.90 Å². The molecule has 0 radical (unpaired) electrons. The number of urea groups is 1. The van der Waals surface area contributed by atoms with Gasteiger partial charge in [-0.25, -0.2) is 4.79 Å². The topological polar surface area (TPSA) is 85.2 Å². The van der Waals surface area contributed by atoms with E-state index in [0.717, 1.165) is 4.88 Å². The summed E-state index contributed by atoms with van der Waals surface area (Å²) in [6, 6.07) is 9.74. The summed E-state index contributed by atoms with van der Waals surface area (Å²) in [4.78, 5) is 12.6. The molecule has 3 N–H and O–H groups in total. The lowest BCUT2D eigenvalue weighted by Gasteiger charge is -2.22. The molecule has 22 heavy (non-hydrogen) atoms. The van der Waals surface area contributed by atoms with Gasteiger partial charge in [0, 0.05) is 10.6 Å². The number of carbonyl (C=O) groups excluding carboxylic acids is 1. The molecule has 0 saturated heterocycles. The number of amides is 2. The van der Waals surface area contributed by atoms with E-state index in [1.807, 2.05) is 23.6 Å². The van der Waals surface area contributed by atoms with Gasteiger partial charge < -0.3 is 15.7 Å². The number of halogens is 1. The van der Waals surface area contributed by atoms with Crippen LogP contribution in [0.1, 0.15) is 17.4 Å². The predicted octanol–water partition coefficient (Wildman–Crippen LogP) is 3.30. The molecule has 0 aliphatic rings. The summed E-state index contributed by atoms with van der Waals surface area (Å²) in [7, 11) is 0. The van der Waals surface area contributed by atoms with Crippen LogP contribution in [0, 0.1) is 11.3 Å². The Hall–Kier alpha value is -2.07. The van der Waals surface area contributed by atoms with Gasteiger partial charge in [-0.2, -0.15) is 5.26 Å². The van der Waals surface area contributed by atoms with Gasteiger partial charge in [0.15, 0.2) is 0 Å². The number of rotatable bonds is 4. The molecule has 0 saturated carbocycles. The standard InChI is InChI=1S/C15H14ClN3O2S/c1-15(21,13-3-2-6-22-13)9-18-14(20)19-11-5-4-10(8-17)12(16)7-11/h2-7,21H,9H2,1H3,(H2,18,19,20). The largest absolute Gasteiger partial charge is 0.383 e. The van der Waals surface area contributed by atoms with E-state index in [0.29, 0.717) is 11.3 Å². The fraction of sp³-hybridized carbons (Fsp3) is 0.200. The fourth-order valence-corrected chi connectivity index (χ4v) is 2.79. The molecule has 0 bridgehead atoms. The van der Waals surface area contributed by atoms with E-state index >= 15 is 0 Å². The third kappa shape index (κ3) is 3.98. The minimum atomic E-state index is -1.13. The van der Waals surface area contributed by atoms with Crippen molar-refractivity contribution in [1.29, 1.82) is 5.26 Å². The quantitative estimate of drug-likeness (QED) is 0.801. The predicted molar refractivity (Wildman–Crippen MR) is 87.1 cm³/mol. The van der Waals surface area contributed by atoms with E-state index in [1.165, 1.54) is 23.5 Å². The highest BCUT2D eigenvalue weighted by Gasteiger charge is 2.24. The van der Waals surface area contributed by atoms with Crippen molar-refractivity contribution >= 4 is 34.7 Å². The number of thiophene rings is 1. The molecular weight excluding hydrogens is 322 g/mol. The van der Waals surface area contributed by atoms with Gasteiger partial charge in [-0.05, 0) is 36.6 Å². The fourth-order valence-electron chi connectivity index (χ4n) is 1.78. The summed E-state index contributed by atoms with van der Waals surface area (Å²) < 4.78 is 0. The van der Waals surface area contributed by atoms with Crippen LogP contribution in [0.15, 0.2) is 35.7 Å². The van der Waals surface area contributed by atoms with Gasteiger partial charge in [0.1, 0.15) is 11.7 Å². The summed E-state index contributed by atoms with van der Waals surface area (Å²) in [6.45, 7) is 1.71. The van der Waals surface area contributed by atoms with Gasteiger partial charge in [0.2, 0.25) is 0 Å². The van der Waals surface area contributed by atoms with E-state index < -0.39 is 11.6 Å². The Morgan fingerprint density at radius 1 is 1.50 bits per heavy atom. The molecule has 1 unspecified atom stereocenters. The number of hydrogen-bond acceptors (Lipinski definition) is 4. The highest BCUT2D eigenvalue weighted by atomic mass is 35.5. The summed E-state index contributed by atoms with van der Waals surface area (Å²) >= 11 is 7.32. The Bertz CT molecular complexity index is 708. The van der Waals surface area contributed by atoms with Crippen molar-refractivity contribution in [3.63, 3.8) is 0 Å². The van der Waals surface area contributed by atoms with Crippen LogP contribution in [0.5, 0.6) is 0 Å². The zero-order valence-corrected chi connectivity index (χ0v) is 13.3. The molecule has 2 rings (SSSR count). The first-order valence-corrected chi connectivity index (χ1v) is 7.69. The van der Waals surface area contributed by atoms with E-state index in [4.69, 9.17) is 16.9 Å². The molecular formula is C15H14ClN3O2S. The number of anilines is 1. The normalized spacial score (nSPS) is 13.0. The Labute approximate surface area is 137 Å². The first-order chi connectivity index (χ1) is 10.4. The van der Waals surface area contributed by atoms with Crippen molar-refractivity contribution in [1.82, 2.24) is 5.32 Å². The molecule has 1 heterocycles. The maximum absolute atomic E-state index is 11.9. The summed E-state index contributed by atoms with van der Waals surface area (Å²) in [5, 5.41) is 26.4. The first-order valence-electron chi connectivity index (χ1n) is 6.43. The second kappa shape index (κ2) is 6.79. The van der Waals surface area contributed by atoms with Crippen molar-refractivity contribution in [2.45, 2.75) is 12.5 Å². The number of benzene rings is 1.